The molecule has 2 aromatic rings. The second-order valence-electron chi connectivity index (χ2n) is 5.05. The Morgan fingerprint density at radius 3 is 2.81 bits per heavy atom. The number of hydrogen-bond acceptors (Lipinski definition) is 2. The summed E-state index contributed by atoms with van der Waals surface area (Å²) in [7, 11) is 1.66. The van der Waals surface area contributed by atoms with E-state index in [0.717, 1.165) is 11.3 Å². The minimum absolute atomic E-state index is 0.00909. The van der Waals surface area contributed by atoms with Gasteiger partial charge >= 0.3 is 0 Å². The summed E-state index contributed by atoms with van der Waals surface area (Å²) in [5, 5.41) is 3.22. The average molecular weight is 305 g/mol. The molecule has 0 radical (unpaired) electrons. The molecule has 3 nitrogen and oxygen atoms in total. The maximum atomic E-state index is 13.2. The van der Waals surface area contributed by atoms with Gasteiger partial charge in [0.1, 0.15) is 11.9 Å². The topological polar surface area (TPSA) is 32.3 Å². The minimum atomic E-state index is -0.493. The lowest BCUT2D eigenvalue weighted by Crippen LogP contribution is -2.39. The summed E-state index contributed by atoms with van der Waals surface area (Å²) in [6.07, 6.45) is 0.647. The Hall–Kier alpha value is -2.07. The molecular formula is C16H14ClFN2O. The Morgan fingerprint density at radius 2 is 2.10 bits per heavy atom. The van der Waals surface area contributed by atoms with Crippen molar-refractivity contribution in [2.24, 2.45) is 0 Å². The monoisotopic (exact) mass is 304 g/mol. The molecule has 0 bridgehead atoms. The van der Waals surface area contributed by atoms with Crippen molar-refractivity contribution in [1.29, 1.82) is 0 Å². The number of likely N-dealkylation sites (N-methyl/N-ethyl adjacent to an activating group) is 1. The first kappa shape index (κ1) is 13.9. The summed E-state index contributed by atoms with van der Waals surface area (Å²) >= 11 is 5.77. The normalized spacial score (nSPS) is 16.2. The first-order chi connectivity index (χ1) is 10.1. The maximum Gasteiger partial charge on any atom is 0.249 e. The van der Waals surface area contributed by atoms with E-state index in [-0.39, 0.29) is 17.0 Å². The Morgan fingerprint density at radius 1 is 1.33 bits per heavy atom. The lowest BCUT2D eigenvalue weighted by Gasteiger charge is -2.21. The zero-order valence-electron chi connectivity index (χ0n) is 11.4. The quantitative estimate of drug-likeness (QED) is 0.921. The van der Waals surface area contributed by atoms with Crippen LogP contribution in [0.5, 0.6) is 0 Å². The molecule has 2 aromatic carbocycles. The summed E-state index contributed by atoms with van der Waals surface area (Å²) in [5.41, 5.74) is 2.69. The summed E-state index contributed by atoms with van der Waals surface area (Å²) in [5.74, 6) is -0.568. The van der Waals surface area contributed by atoms with E-state index in [9.17, 15) is 9.18 Å². The smallest absolute Gasteiger partial charge is 0.249 e. The van der Waals surface area contributed by atoms with Crippen LogP contribution in [0.1, 0.15) is 5.56 Å². The lowest BCUT2D eigenvalue weighted by atomic mass is 10.1. The molecule has 1 aliphatic rings. The van der Waals surface area contributed by atoms with Gasteiger partial charge in [-0.05, 0) is 29.8 Å². The van der Waals surface area contributed by atoms with Crippen molar-refractivity contribution in [3.8, 4) is 0 Å². The molecule has 0 saturated heterocycles. The number of nitrogens with one attached hydrogen (secondary N) is 1. The number of hydrogen-bond donors (Lipinski definition) is 1. The van der Waals surface area contributed by atoms with Crippen LogP contribution >= 0.6 is 11.6 Å². The Labute approximate surface area is 127 Å². The zero-order chi connectivity index (χ0) is 15.0. The highest BCUT2D eigenvalue weighted by Gasteiger charge is 2.29. The zero-order valence-corrected chi connectivity index (χ0v) is 12.2. The third kappa shape index (κ3) is 2.59. The molecule has 1 unspecified atom stereocenters. The van der Waals surface area contributed by atoms with E-state index in [0.29, 0.717) is 12.1 Å². The molecule has 0 aliphatic carbocycles. The van der Waals surface area contributed by atoms with Gasteiger partial charge in [0.2, 0.25) is 5.91 Å². The number of nitrogens with zero attached hydrogens (tertiary/aromatic N) is 1. The van der Waals surface area contributed by atoms with E-state index < -0.39 is 5.82 Å². The van der Waals surface area contributed by atoms with E-state index >= 15 is 0 Å². The Kier molecular flexibility index (Phi) is 3.55. The highest BCUT2D eigenvalue weighted by atomic mass is 35.5. The molecule has 1 heterocycles. The number of anilines is 2. The predicted molar refractivity (Wildman–Crippen MR) is 82.4 cm³/mol. The van der Waals surface area contributed by atoms with E-state index in [1.807, 2.05) is 24.3 Å². The van der Waals surface area contributed by atoms with Gasteiger partial charge in [0.15, 0.2) is 0 Å². The van der Waals surface area contributed by atoms with Crippen molar-refractivity contribution in [2.45, 2.75) is 12.5 Å². The molecule has 1 atom stereocenters. The molecule has 0 fully saturated rings. The van der Waals surface area contributed by atoms with Crippen LogP contribution in [0.15, 0.2) is 42.5 Å². The average Bonchev–Trinajstić information content (AvgIpc) is 2.92. The molecule has 0 saturated carbocycles. The van der Waals surface area contributed by atoms with Gasteiger partial charge in [0, 0.05) is 24.8 Å². The predicted octanol–water partition coefficient (Wildman–Crippen LogP) is 3.48. The molecule has 1 amide bonds. The van der Waals surface area contributed by atoms with E-state index in [4.69, 9.17) is 11.6 Å². The van der Waals surface area contributed by atoms with Gasteiger partial charge < -0.3 is 10.2 Å². The molecule has 1 aliphatic heterocycles. The van der Waals surface area contributed by atoms with Gasteiger partial charge in [0.05, 0.1) is 5.02 Å². The van der Waals surface area contributed by atoms with Crippen molar-refractivity contribution in [1.82, 2.24) is 0 Å². The van der Waals surface area contributed by atoms with Gasteiger partial charge in [-0.2, -0.15) is 0 Å². The largest absolute Gasteiger partial charge is 0.373 e. The molecule has 0 aromatic heterocycles. The van der Waals surface area contributed by atoms with Crippen LogP contribution in [0.4, 0.5) is 15.8 Å². The molecule has 108 valence electrons. The van der Waals surface area contributed by atoms with Crippen LogP contribution in [-0.4, -0.2) is 19.0 Å². The van der Waals surface area contributed by atoms with Gasteiger partial charge in [-0.15, -0.1) is 0 Å². The molecular weight excluding hydrogens is 291 g/mol. The van der Waals surface area contributed by atoms with E-state index in [2.05, 4.69) is 5.32 Å². The molecule has 21 heavy (non-hydrogen) atoms. The molecule has 5 heteroatoms. The first-order valence-electron chi connectivity index (χ1n) is 6.63. The van der Waals surface area contributed by atoms with Crippen molar-refractivity contribution in [2.75, 3.05) is 17.3 Å². The van der Waals surface area contributed by atoms with Crippen LogP contribution in [0.2, 0.25) is 5.02 Å². The van der Waals surface area contributed by atoms with Crippen LogP contribution in [0.25, 0.3) is 0 Å². The number of para-hydroxylation sites is 1. The number of halogens is 2. The Balaban J connectivity index is 1.78. The number of amides is 1. The van der Waals surface area contributed by atoms with Gasteiger partial charge in [-0.25, -0.2) is 4.39 Å². The highest BCUT2D eigenvalue weighted by molar-refractivity contribution is 6.31. The number of carbonyl (C=O) groups is 1. The van der Waals surface area contributed by atoms with Gasteiger partial charge in [-0.3, -0.25) is 4.79 Å². The number of carbonyl (C=O) groups excluding carboxylic acids is 1. The summed E-state index contributed by atoms with van der Waals surface area (Å²) < 4.78 is 13.2. The van der Waals surface area contributed by atoms with Crippen molar-refractivity contribution in [3.05, 3.63) is 58.9 Å². The number of benzene rings is 2. The second-order valence-corrected chi connectivity index (χ2v) is 5.46. The van der Waals surface area contributed by atoms with Crippen molar-refractivity contribution in [3.63, 3.8) is 0 Å². The fraction of sp³-hybridized carbons (Fsp3) is 0.188. The van der Waals surface area contributed by atoms with Gasteiger partial charge in [0.25, 0.3) is 0 Å². The number of fused-ring (bicyclic) bond motifs is 1. The third-order valence-corrected chi connectivity index (χ3v) is 3.98. The van der Waals surface area contributed by atoms with Gasteiger partial charge in [-0.1, -0.05) is 29.8 Å². The maximum absolute atomic E-state index is 13.2. The first-order valence-corrected chi connectivity index (χ1v) is 7.01. The van der Waals surface area contributed by atoms with E-state index in [1.54, 1.807) is 13.1 Å². The fourth-order valence-corrected chi connectivity index (χ4v) is 2.68. The highest BCUT2D eigenvalue weighted by Crippen LogP contribution is 2.28. The van der Waals surface area contributed by atoms with Crippen LogP contribution in [0, 0.1) is 5.82 Å². The lowest BCUT2D eigenvalue weighted by molar-refractivity contribution is -0.118. The second kappa shape index (κ2) is 5.37. The standard InChI is InChI=1S/C16H14ClFN2O/c1-20(11-6-7-13(18)12(17)9-11)16(21)15-8-10-4-2-3-5-14(10)19-15/h2-7,9,15,19H,8H2,1H3. The molecule has 3 rings (SSSR count). The summed E-state index contributed by atoms with van der Waals surface area (Å²) in [4.78, 5) is 14.0. The van der Waals surface area contributed by atoms with Crippen LogP contribution in [0.3, 0.4) is 0 Å². The Bertz CT molecular complexity index is 679. The third-order valence-electron chi connectivity index (χ3n) is 3.69. The van der Waals surface area contributed by atoms with Crippen molar-refractivity contribution >= 4 is 28.9 Å². The molecule has 0 spiro atoms. The summed E-state index contributed by atoms with van der Waals surface area (Å²) in [6.45, 7) is 0. The van der Waals surface area contributed by atoms with Crippen LogP contribution < -0.4 is 10.2 Å². The minimum Gasteiger partial charge on any atom is -0.373 e. The number of rotatable bonds is 2. The molecule has 1 N–H and O–H groups in total. The van der Waals surface area contributed by atoms with E-state index in [1.165, 1.54) is 17.0 Å². The van der Waals surface area contributed by atoms with Crippen LogP contribution in [-0.2, 0) is 11.2 Å². The fourth-order valence-electron chi connectivity index (χ4n) is 2.50. The van der Waals surface area contributed by atoms with Crippen molar-refractivity contribution < 1.29 is 9.18 Å². The summed E-state index contributed by atoms with van der Waals surface area (Å²) in [6, 6.07) is 11.8. The SMILES string of the molecule is CN(C(=O)C1Cc2ccccc2N1)c1ccc(F)c(Cl)c1.